The average Bonchev–Trinajstić information content (AvgIpc) is 2.43. The molecule has 0 heterocycles. The smallest absolute Gasteiger partial charge is 0.122 e. The third kappa shape index (κ3) is 4.02. The molecule has 1 rings (SSSR count). The zero-order chi connectivity index (χ0) is 13.5. The highest BCUT2D eigenvalue weighted by Crippen LogP contribution is 2.31. The molecule has 2 heteroatoms. The van der Waals surface area contributed by atoms with Crippen molar-refractivity contribution in [1.29, 1.82) is 0 Å². The molecule has 18 heavy (non-hydrogen) atoms. The Kier molecular flexibility index (Phi) is 6.20. The largest absolute Gasteiger partial charge is 0.496 e. The van der Waals surface area contributed by atoms with Gasteiger partial charge < -0.3 is 10.5 Å². The fourth-order valence-corrected chi connectivity index (χ4v) is 2.21. The zero-order valence-electron chi connectivity index (χ0n) is 12.2. The number of benzene rings is 1. The first-order valence-corrected chi connectivity index (χ1v) is 7.04. The van der Waals surface area contributed by atoms with Gasteiger partial charge in [-0.2, -0.15) is 0 Å². The van der Waals surface area contributed by atoms with Crippen molar-refractivity contribution < 1.29 is 4.74 Å². The molecule has 2 unspecified atom stereocenters. The van der Waals surface area contributed by atoms with Crippen molar-refractivity contribution in [2.24, 2.45) is 5.73 Å². The summed E-state index contributed by atoms with van der Waals surface area (Å²) in [5.41, 5.74) is 8.69. The van der Waals surface area contributed by atoms with Gasteiger partial charge in [0.05, 0.1) is 7.11 Å². The molecule has 102 valence electrons. The first kappa shape index (κ1) is 15.0. The molecule has 2 N–H and O–H groups in total. The molecule has 0 saturated heterocycles. The molecule has 0 fully saturated rings. The highest BCUT2D eigenvalue weighted by Gasteiger charge is 2.13. The molecule has 0 aliphatic heterocycles. The van der Waals surface area contributed by atoms with Crippen molar-refractivity contribution in [3.63, 3.8) is 0 Å². The van der Waals surface area contributed by atoms with Crippen LogP contribution in [0.2, 0.25) is 0 Å². The standard InChI is InChI=1S/C16H27NO/c1-5-13-8-10-16(18-4)15(11-13)12(3)7-9-14(17)6-2/h8,10-12,14H,5-7,9,17H2,1-4H3. The number of hydrogen-bond acceptors (Lipinski definition) is 2. The molecule has 0 radical (unpaired) electrons. The molecule has 0 aromatic heterocycles. The summed E-state index contributed by atoms with van der Waals surface area (Å²) in [7, 11) is 1.74. The maximum absolute atomic E-state index is 5.99. The lowest BCUT2D eigenvalue weighted by Crippen LogP contribution is -2.19. The summed E-state index contributed by atoms with van der Waals surface area (Å²) in [6.45, 7) is 6.59. The van der Waals surface area contributed by atoms with Gasteiger partial charge in [0.1, 0.15) is 5.75 Å². The van der Waals surface area contributed by atoms with Crippen LogP contribution in [0.1, 0.15) is 57.1 Å². The molecular formula is C16H27NO. The molecule has 1 aromatic carbocycles. The van der Waals surface area contributed by atoms with E-state index in [4.69, 9.17) is 10.5 Å². The van der Waals surface area contributed by atoms with Gasteiger partial charge in [-0.05, 0) is 48.8 Å². The van der Waals surface area contributed by atoms with Gasteiger partial charge in [0.2, 0.25) is 0 Å². The van der Waals surface area contributed by atoms with Crippen LogP contribution in [0.15, 0.2) is 18.2 Å². The van der Waals surface area contributed by atoms with Crippen molar-refractivity contribution >= 4 is 0 Å². The molecule has 0 spiro atoms. The topological polar surface area (TPSA) is 35.2 Å². The number of ether oxygens (including phenoxy) is 1. The summed E-state index contributed by atoms with van der Waals surface area (Å²) < 4.78 is 5.47. The molecule has 0 amide bonds. The van der Waals surface area contributed by atoms with Gasteiger partial charge >= 0.3 is 0 Å². The Morgan fingerprint density at radius 2 is 1.94 bits per heavy atom. The lowest BCUT2D eigenvalue weighted by atomic mass is 9.91. The Hall–Kier alpha value is -1.02. The van der Waals surface area contributed by atoms with Crippen LogP contribution in [0.5, 0.6) is 5.75 Å². The fourth-order valence-electron chi connectivity index (χ4n) is 2.21. The summed E-state index contributed by atoms with van der Waals surface area (Å²) in [5.74, 6) is 1.51. The highest BCUT2D eigenvalue weighted by atomic mass is 16.5. The number of rotatable bonds is 7. The average molecular weight is 249 g/mol. The maximum atomic E-state index is 5.99. The van der Waals surface area contributed by atoms with Gasteiger partial charge in [0.15, 0.2) is 0 Å². The maximum Gasteiger partial charge on any atom is 0.122 e. The van der Waals surface area contributed by atoms with Crippen molar-refractivity contribution in [1.82, 2.24) is 0 Å². The summed E-state index contributed by atoms with van der Waals surface area (Å²) >= 11 is 0. The van der Waals surface area contributed by atoms with Gasteiger partial charge in [0.25, 0.3) is 0 Å². The summed E-state index contributed by atoms with van der Waals surface area (Å²) in [4.78, 5) is 0. The predicted molar refractivity (Wildman–Crippen MR) is 78.3 cm³/mol. The first-order chi connectivity index (χ1) is 8.62. The van der Waals surface area contributed by atoms with Crippen LogP contribution < -0.4 is 10.5 Å². The minimum atomic E-state index is 0.327. The second-order valence-electron chi connectivity index (χ2n) is 5.08. The van der Waals surface area contributed by atoms with E-state index in [2.05, 4.69) is 39.0 Å². The Balaban J connectivity index is 2.78. The highest BCUT2D eigenvalue weighted by molar-refractivity contribution is 5.39. The van der Waals surface area contributed by atoms with Gasteiger partial charge in [-0.1, -0.05) is 32.9 Å². The number of methoxy groups -OCH3 is 1. The Morgan fingerprint density at radius 3 is 2.50 bits per heavy atom. The lowest BCUT2D eigenvalue weighted by Gasteiger charge is -2.18. The van der Waals surface area contributed by atoms with Crippen LogP contribution in [-0.4, -0.2) is 13.2 Å². The Labute approximate surface area is 112 Å². The second kappa shape index (κ2) is 7.42. The van der Waals surface area contributed by atoms with E-state index in [-0.39, 0.29) is 0 Å². The monoisotopic (exact) mass is 249 g/mol. The predicted octanol–water partition coefficient (Wildman–Crippen LogP) is 3.88. The number of hydrogen-bond donors (Lipinski definition) is 1. The lowest BCUT2D eigenvalue weighted by molar-refractivity contribution is 0.403. The molecule has 1 aromatic rings. The van der Waals surface area contributed by atoms with Crippen molar-refractivity contribution in [3.8, 4) is 5.75 Å². The van der Waals surface area contributed by atoms with E-state index in [0.717, 1.165) is 31.4 Å². The summed E-state index contributed by atoms with van der Waals surface area (Å²) in [6.07, 6.45) is 4.33. The SMILES string of the molecule is CCc1ccc(OC)c(C(C)CCC(N)CC)c1. The van der Waals surface area contributed by atoms with E-state index in [0.29, 0.717) is 12.0 Å². The van der Waals surface area contributed by atoms with E-state index in [1.165, 1.54) is 11.1 Å². The second-order valence-corrected chi connectivity index (χ2v) is 5.08. The minimum Gasteiger partial charge on any atom is -0.496 e. The van der Waals surface area contributed by atoms with Crippen molar-refractivity contribution in [2.45, 2.75) is 58.4 Å². The van der Waals surface area contributed by atoms with Gasteiger partial charge in [0, 0.05) is 6.04 Å². The normalized spacial score (nSPS) is 14.3. The van der Waals surface area contributed by atoms with Crippen LogP contribution in [0.4, 0.5) is 0 Å². The van der Waals surface area contributed by atoms with Crippen LogP contribution >= 0.6 is 0 Å². The number of aryl methyl sites for hydroxylation is 1. The number of nitrogens with two attached hydrogens (primary N) is 1. The molecular weight excluding hydrogens is 222 g/mol. The molecule has 0 aliphatic rings. The molecule has 0 bridgehead atoms. The van der Waals surface area contributed by atoms with Crippen LogP contribution in [0, 0.1) is 0 Å². The molecule has 2 atom stereocenters. The third-order valence-electron chi connectivity index (χ3n) is 3.73. The van der Waals surface area contributed by atoms with Crippen LogP contribution in [0.3, 0.4) is 0 Å². The van der Waals surface area contributed by atoms with Crippen LogP contribution in [-0.2, 0) is 6.42 Å². The zero-order valence-corrected chi connectivity index (χ0v) is 12.2. The van der Waals surface area contributed by atoms with Gasteiger partial charge in [-0.3, -0.25) is 0 Å². The van der Waals surface area contributed by atoms with E-state index in [9.17, 15) is 0 Å². The minimum absolute atomic E-state index is 0.327. The van der Waals surface area contributed by atoms with Crippen molar-refractivity contribution in [3.05, 3.63) is 29.3 Å². The first-order valence-electron chi connectivity index (χ1n) is 7.04. The Morgan fingerprint density at radius 1 is 1.22 bits per heavy atom. The Bertz CT molecular complexity index is 362. The third-order valence-corrected chi connectivity index (χ3v) is 3.73. The fraction of sp³-hybridized carbons (Fsp3) is 0.625. The van der Waals surface area contributed by atoms with E-state index >= 15 is 0 Å². The van der Waals surface area contributed by atoms with E-state index < -0.39 is 0 Å². The molecule has 0 saturated carbocycles. The van der Waals surface area contributed by atoms with Crippen LogP contribution in [0.25, 0.3) is 0 Å². The molecule has 2 nitrogen and oxygen atoms in total. The quantitative estimate of drug-likeness (QED) is 0.796. The van der Waals surface area contributed by atoms with Gasteiger partial charge in [-0.25, -0.2) is 0 Å². The van der Waals surface area contributed by atoms with E-state index in [1.54, 1.807) is 7.11 Å². The van der Waals surface area contributed by atoms with Crippen molar-refractivity contribution in [2.75, 3.05) is 7.11 Å². The molecule has 0 aliphatic carbocycles. The summed E-state index contributed by atoms with van der Waals surface area (Å²) in [5, 5.41) is 0. The van der Waals surface area contributed by atoms with Gasteiger partial charge in [-0.15, -0.1) is 0 Å². The summed E-state index contributed by atoms with van der Waals surface area (Å²) in [6, 6.07) is 6.84. The van der Waals surface area contributed by atoms with E-state index in [1.807, 2.05) is 0 Å².